The standard InChI is InChI=1S/C18H20F3N5O4S/c1-5-31(28,29)14-6-11(26(30-4)10(2)27)8-23-16(14)17-24-12-7-15(18(19,20)21)22-9-13(12)25(17)3/h6-9,28-29H,5H2,1-4H3. The molecule has 0 spiro atoms. The number of aromatic nitrogens is 4. The molecule has 0 aliphatic rings. The minimum absolute atomic E-state index is 0.0155. The molecule has 0 radical (unpaired) electrons. The molecule has 3 rings (SSSR count). The first-order chi connectivity index (χ1) is 14.4. The van der Waals surface area contributed by atoms with E-state index in [9.17, 15) is 27.1 Å². The third-order valence-corrected chi connectivity index (χ3v) is 6.39. The van der Waals surface area contributed by atoms with Gasteiger partial charge in [0.15, 0.2) is 5.82 Å². The van der Waals surface area contributed by atoms with Gasteiger partial charge in [0.2, 0.25) is 5.91 Å². The van der Waals surface area contributed by atoms with Crippen LogP contribution in [0.25, 0.3) is 22.6 Å². The first-order valence-corrected chi connectivity index (χ1v) is 10.6. The first-order valence-electron chi connectivity index (χ1n) is 8.91. The molecular weight excluding hydrogens is 439 g/mol. The lowest BCUT2D eigenvalue weighted by molar-refractivity contribution is -0.141. The molecule has 2 N–H and O–H groups in total. The number of aryl methyl sites for hydroxylation is 1. The molecule has 3 aromatic heterocycles. The average molecular weight is 459 g/mol. The Hall–Kier alpha value is -2.74. The number of hydroxylamine groups is 1. The van der Waals surface area contributed by atoms with Crippen LogP contribution in [0.2, 0.25) is 0 Å². The SMILES string of the molecule is CCS(O)(O)c1cc(N(OC)C(C)=O)cnc1-c1nc2cc(C(F)(F)F)ncc2n1C. The number of alkyl halides is 3. The number of nitrogens with zero attached hydrogens (tertiary/aromatic N) is 5. The van der Waals surface area contributed by atoms with E-state index >= 15 is 0 Å². The summed E-state index contributed by atoms with van der Waals surface area (Å²) >= 11 is 0. The van der Waals surface area contributed by atoms with Crippen LogP contribution in [0.5, 0.6) is 0 Å². The molecule has 13 heteroatoms. The largest absolute Gasteiger partial charge is 0.433 e. The van der Waals surface area contributed by atoms with Crippen LogP contribution in [-0.2, 0) is 22.9 Å². The van der Waals surface area contributed by atoms with E-state index in [0.717, 1.165) is 17.3 Å². The zero-order chi connectivity index (χ0) is 23.1. The van der Waals surface area contributed by atoms with Crippen LogP contribution in [0.4, 0.5) is 18.9 Å². The summed E-state index contributed by atoms with van der Waals surface area (Å²) in [6.45, 7) is 2.81. The number of pyridine rings is 2. The van der Waals surface area contributed by atoms with Crippen LogP contribution >= 0.6 is 10.6 Å². The molecule has 0 atom stereocenters. The summed E-state index contributed by atoms with van der Waals surface area (Å²) in [4.78, 5) is 28.7. The number of amides is 1. The number of hydrogen-bond donors (Lipinski definition) is 2. The molecule has 1 amide bonds. The Morgan fingerprint density at radius 2 is 1.94 bits per heavy atom. The van der Waals surface area contributed by atoms with E-state index in [0.29, 0.717) is 5.52 Å². The first kappa shape index (κ1) is 22.9. The minimum Gasteiger partial charge on any atom is -0.324 e. The monoisotopic (exact) mass is 459 g/mol. The van der Waals surface area contributed by atoms with Gasteiger partial charge in [0.25, 0.3) is 0 Å². The Morgan fingerprint density at radius 3 is 2.48 bits per heavy atom. The number of rotatable bonds is 5. The van der Waals surface area contributed by atoms with Gasteiger partial charge in [-0.25, -0.2) is 15.0 Å². The Labute approximate surface area is 176 Å². The van der Waals surface area contributed by atoms with Crippen molar-refractivity contribution in [3.63, 3.8) is 0 Å². The number of carbonyl (C=O) groups is 1. The molecular formula is C18H20F3N5O4S. The number of carbonyl (C=O) groups excluding carboxylic acids is 1. The highest BCUT2D eigenvalue weighted by molar-refractivity contribution is 8.24. The zero-order valence-electron chi connectivity index (χ0n) is 17.0. The Bertz CT molecular complexity index is 1150. The van der Waals surface area contributed by atoms with Crippen LogP contribution < -0.4 is 5.06 Å². The lowest BCUT2D eigenvalue weighted by atomic mass is 10.3. The maximum atomic E-state index is 13.0. The lowest BCUT2D eigenvalue weighted by Gasteiger charge is -2.33. The van der Waals surface area contributed by atoms with Gasteiger partial charge in [-0.15, -0.1) is 0 Å². The maximum absolute atomic E-state index is 13.0. The Balaban J connectivity index is 2.25. The van der Waals surface area contributed by atoms with Gasteiger partial charge in [-0.2, -0.15) is 28.8 Å². The highest BCUT2D eigenvalue weighted by atomic mass is 32.3. The van der Waals surface area contributed by atoms with Crippen LogP contribution in [-0.4, -0.2) is 47.4 Å². The van der Waals surface area contributed by atoms with Crippen molar-refractivity contribution in [1.29, 1.82) is 0 Å². The van der Waals surface area contributed by atoms with Crippen molar-refractivity contribution in [3.8, 4) is 11.5 Å². The van der Waals surface area contributed by atoms with Crippen molar-refractivity contribution >= 4 is 33.2 Å². The molecule has 0 aromatic carbocycles. The van der Waals surface area contributed by atoms with Crippen molar-refractivity contribution in [1.82, 2.24) is 19.5 Å². The number of imidazole rings is 1. The molecule has 9 nitrogen and oxygen atoms in total. The smallest absolute Gasteiger partial charge is 0.324 e. The molecule has 0 aliphatic heterocycles. The van der Waals surface area contributed by atoms with Crippen molar-refractivity contribution < 1.29 is 31.9 Å². The van der Waals surface area contributed by atoms with E-state index < -0.39 is 28.4 Å². The topological polar surface area (TPSA) is 114 Å². The summed E-state index contributed by atoms with van der Waals surface area (Å²) in [7, 11) is -0.541. The average Bonchev–Trinajstić information content (AvgIpc) is 3.03. The van der Waals surface area contributed by atoms with E-state index in [2.05, 4.69) is 15.0 Å². The van der Waals surface area contributed by atoms with Gasteiger partial charge in [0.05, 0.1) is 41.1 Å². The second-order valence-corrected chi connectivity index (χ2v) is 8.89. The van der Waals surface area contributed by atoms with Gasteiger partial charge in [-0.05, 0) is 19.1 Å². The van der Waals surface area contributed by atoms with Gasteiger partial charge >= 0.3 is 6.18 Å². The van der Waals surface area contributed by atoms with Crippen molar-refractivity contribution in [2.75, 3.05) is 17.9 Å². The molecule has 0 aliphatic carbocycles. The van der Waals surface area contributed by atoms with Gasteiger partial charge in [-0.1, -0.05) is 0 Å². The number of halogens is 3. The molecule has 0 saturated heterocycles. The van der Waals surface area contributed by atoms with Gasteiger partial charge in [0.1, 0.15) is 11.4 Å². The molecule has 0 unspecified atom stereocenters. The molecule has 0 saturated carbocycles. The van der Waals surface area contributed by atoms with E-state index in [4.69, 9.17) is 4.84 Å². The highest BCUT2D eigenvalue weighted by Gasteiger charge is 2.33. The second kappa shape index (κ2) is 8.07. The van der Waals surface area contributed by atoms with Crippen LogP contribution in [0.1, 0.15) is 19.5 Å². The van der Waals surface area contributed by atoms with Gasteiger partial charge in [0, 0.05) is 19.7 Å². The molecule has 0 bridgehead atoms. The van der Waals surface area contributed by atoms with E-state index in [-0.39, 0.29) is 33.4 Å². The maximum Gasteiger partial charge on any atom is 0.433 e. The zero-order valence-corrected chi connectivity index (χ0v) is 17.8. The van der Waals surface area contributed by atoms with Crippen molar-refractivity contribution in [3.05, 3.63) is 30.2 Å². The fourth-order valence-electron chi connectivity index (χ4n) is 2.99. The summed E-state index contributed by atoms with van der Waals surface area (Å²) in [5.74, 6) is -0.413. The predicted octanol–water partition coefficient (Wildman–Crippen LogP) is 4.09. The van der Waals surface area contributed by atoms with E-state index in [1.165, 1.54) is 30.9 Å². The lowest BCUT2D eigenvalue weighted by Crippen LogP contribution is -2.27. The van der Waals surface area contributed by atoms with Crippen LogP contribution in [0.3, 0.4) is 0 Å². The third-order valence-electron chi connectivity index (χ3n) is 4.57. The van der Waals surface area contributed by atoms with E-state index in [1.54, 1.807) is 14.0 Å². The number of anilines is 1. The summed E-state index contributed by atoms with van der Waals surface area (Å²) in [5, 5.41) is 0.917. The summed E-state index contributed by atoms with van der Waals surface area (Å²) < 4.78 is 61.8. The molecule has 0 fully saturated rings. The van der Waals surface area contributed by atoms with Crippen molar-refractivity contribution in [2.45, 2.75) is 24.9 Å². The predicted molar refractivity (Wildman–Crippen MR) is 109 cm³/mol. The van der Waals surface area contributed by atoms with Crippen LogP contribution in [0.15, 0.2) is 29.4 Å². The molecule has 168 valence electrons. The summed E-state index contributed by atoms with van der Waals surface area (Å²) in [5.41, 5.74) is -0.565. The highest BCUT2D eigenvalue weighted by Crippen LogP contribution is 2.52. The quantitative estimate of drug-likeness (QED) is 0.553. The third kappa shape index (κ3) is 4.21. The fraction of sp³-hybridized carbons (Fsp3) is 0.333. The molecule has 3 heterocycles. The number of fused-ring (bicyclic) bond motifs is 1. The number of hydrogen-bond acceptors (Lipinski definition) is 7. The summed E-state index contributed by atoms with van der Waals surface area (Å²) in [6, 6.07) is 2.15. The Kier molecular flexibility index (Phi) is 5.97. The summed E-state index contributed by atoms with van der Waals surface area (Å²) in [6.07, 6.45) is -2.32. The fourth-order valence-corrected chi connectivity index (χ4v) is 4.06. The Morgan fingerprint density at radius 1 is 1.26 bits per heavy atom. The van der Waals surface area contributed by atoms with Gasteiger partial charge < -0.3 is 4.57 Å². The van der Waals surface area contributed by atoms with E-state index in [1.807, 2.05) is 0 Å². The van der Waals surface area contributed by atoms with Crippen LogP contribution in [0, 0.1) is 0 Å². The second-order valence-electron chi connectivity index (χ2n) is 6.54. The molecule has 3 aromatic rings. The normalized spacial score (nSPS) is 12.9. The van der Waals surface area contributed by atoms with Crippen molar-refractivity contribution in [2.24, 2.45) is 7.05 Å². The molecule has 31 heavy (non-hydrogen) atoms. The minimum atomic E-state index is -4.63. The van der Waals surface area contributed by atoms with Gasteiger partial charge in [-0.3, -0.25) is 18.7 Å².